The standard InChI is InChI=1S/C60H102O6/c1-4-7-10-13-16-19-22-25-27-29-30-32-33-35-38-41-44-47-50-53-59(62)65-56-57(55-64-58(61)52-49-46-43-40-37-24-21-18-15-12-9-6-3)66-60(63)54-51-48-45-42-39-36-34-31-28-26-23-20-17-14-11-8-5-2/h16-17,19-20,25-28,30,32,34-36,38,57H,4-15,18,21-24,29,31,33,37,39-56H2,1-3H3/b19-16-,20-17-,27-25-,28-26-,32-30-,36-34-,38-35-/t57-/m1/s1. The first-order valence-electron chi connectivity index (χ1n) is 27.6. The first-order chi connectivity index (χ1) is 32.5. The van der Waals surface area contributed by atoms with Gasteiger partial charge in [0, 0.05) is 19.3 Å². The summed E-state index contributed by atoms with van der Waals surface area (Å²) in [4.78, 5) is 38.1. The number of carbonyl (C=O) groups is 3. The summed E-state index contributed by atoms with van der Waals surface area (Å²) in [6.45, 7) is 6.54. The minimum Gasteiger partial charge on any atom is -0.462 e. The van der Waals surface area contributed by atoms with Gasteiger partial charge in [-0.05, 0) is 103 Å². The highest BCUT2D eigenvalue weighted by Gasteiger charge is 2.19. The molecule has 0 N–H and O–H groups in total. The number of ether oxygens (including phenoxy) is 3. The van der Waals surface area contributed by atoms with Crippen LogP contribution in [0.2, 0.25) is 0 Å². The summed E-state index contributed by atoms with van der Waals surface area (Å²) in [6, 6.07) is 0. The maximum absolute atomic E-state index is 12.8. The van der Waals surface area contributed by atoms with E-state index < -0.39 is 6.10 Å². The maximum Gasteiger partial charge on any atom is 0.306 e. The second-order valence-electron chi connectivity index (χ2n) is 18.1. The van der Waals surface area contributed by atoms with Crippen LogP contribution in [-0.4, -0.2) is 37.2 Å². The van der Waals surface area contributed by atoms with E-state index >= 15 is 0 Å². The second-order valence-corrected chi connectivity index (χ2v) is 18.1. The van der Waals surface area contributed by atoms with Crippen molar-refractivity contribution >= 4 is 17.9 Å². The molecule has 0 heterocycles. The largest absolute Gasteiger partial charge is 0.462 e. The van der Waals surface area contributed by atoms with Crippen LogP contribution in [0.4, 0.5) is 0 Å². The summed E-state index contributed by atoms with van der Waals surface area (Å²) >= 11 is 0. The number of hydrogen-bond donors (Lipinski definition) is 0. The second kappa shape index (κ2) is 54.2. The molecule has 0 aliphatic carbocycles. The van der Waals surface area contributed by atoms with E-state index in [1.54, 1.807) is 0 Å². The lowest BCUT2D eigenvalue weighted by Crippen LogP contribution is -2.30. The van der Waals surface area contributed by atoms with Gasteiger partial charge in [0.1, 0.15) is 13.2 Å². The topological polar surface area (TPSA) is 78.9 Å². The molecule has 0 aliphatic heterocycles. The van der Waals surface area contributed by atoms with Crippen molar-refractivity contribution < 1.29 is 28.6 Å². The van der Waals surface area contributed by atoms with Crippen molar-refractivity contribution in [2.45, 2.75) is 264 Å². The molecular weight excluding hydrogens is 817 g/mol. The zero-order chi connectivity index (χ0) is 47.9. The molecule has 0 fully saturated rings. The summed E-state index contributed by atoms with van der Waals surface area (Å²) in [6.07, 6.45) is 69.9. The SMILES string of the molecule is CCCCC/C=C\C/C=C\C/C=C\C/C=C\CCCCCC(=O)OC[C@@H](COC(=O)CCCCCCCCCCCCCC)OC(=O)CCCCCC/C=C\C/C=C\C/C=C\CCCCC. The van der Waals surface area contributed by atoms with E-state index in [2.05, 4.69) is 106 Å². The summed E-state index contributed by atoms with van der Waals surface area (Å²) in [5, 5.41) is 0. The Labute approximate surface area is 407 Å². The van der Waals surface area contributed by atoms with Gasteiger partial charge in [-0.1, -0.05) is 221 Å². The van der Waals surface area contributed by atoms with Gasteiger partial charge in [-0.25, -0.2) is 0 Å². The maximum atomic E-state index is 12.8. The van der Waals surface area contributed by atoms with Gasteiger partial charge >= 0.3 is 17.9 Å². The lowest BCUT2D eigenvalue weighted by atomic mass is 10.0. The van der Waals surface area contributed by atoms with Crippen LogP contribution in [0.1, 0.15) is 258 Å². The van der Waals surface area contributed by atoms with Crippen molar-refractivity contribution in [2.24, 2.45) is 0 Å². The highest BCUT2D eigenvalue weighted by Crippen LogP contribution is 2.14. The average Bonchev–Trinajstić information content (AvgIpc) is 3.31. The molecule has 6 nitrogen and oxygen atoms in total. The predicted octanol–water partition coefficient (Wildman–Crippen LogP) is 18.4. The van der Waals surface area contributed by atoms with Crippen LogP contribution in [-0.2, 0) is 28.6 Å². The van der Waals surface area contributed by atoms with Crippen LogP contribution < -0.4 is 0 Å². The van der Waals surface area contributed by atoms with E-state index in [0.29, 0.717) is 19.3 Å². The van der Waals surface area contributed by atoms with Crippen LogP contribution in [0.5, 0.6) is 0 Å². The Morgan fingerprint density at radius 3 is 0.894 bits per heavy atom. The van der Waals surface area contributed by atoms with Gasteiger partial charge < -0.3 is 14.2 Å². The molecule has 0 amide bonds. The molecule has 0 bridgehead atoms. The Kier molecular flexibility index (Phi) is 51.4. The highest BCUT2D eigenvalue weighted by atomic mass is 16.6. The van der Waals surface area contributed by atoms with Crippen LogP contribution in [0.25, 0.3) is 0 Å². The molecule has 0 rings (SSSR count). The number of esters is 3. The summed E-state index contributed by atoms with van der Waals surface area (Å²) in [5.74, 6) is -0.946. The third kappa shape index (κ3) is 51.6. The van der Waals surface area contributed by atoms with Crippen LogP contribution in [0.3, 0.4) is 0 Å². The number of hydrogen-bond acceptors (Lipinski definition) is 6. The van der Waals surface area contributed by atoms with Gasteiger partial charge in [0.15, 0.2) is 6.10 Å². The molecule has 6 heteroatoms. The van der Waals surface area contributed by atoms with E-state index in [-0.39, 0.29) is 31.1 Å². The first-order valence-corrected chi connectivity index (χ1v) is 27.6. The molecule has 0 aliphatic rings. The van der Waals surface area contributed by atoms with Gasteiger partial charge in [0.2, 0.25) is 0 Å². The lowest BCUT2D eigenvalue weighted by molar-refractivity contribution is -0.167. The predicted molar refractivity (Wildman–Crippen MR) is 284 cm³/mol. The molecule has 378 valence electrons. The van der Waals surface area contributed by atoms with Crippen molar-refractivity contribution in [3.8, 4) is 0 Å². The number of unbranched alkanes of at least 4 members (excludes halogenated alkanes) is 24. The van der Waals surface area contributed by atoms with Crippen molar-refractivity contribution in [2.75, 3.05) is 13.2 Å². The highest BCUT2D eigenvalue weighted by molar-refractivity contribution is 5.71. The minimum atomic E-state index is -0.800. The lowest BCUT2D eigenvalue weighted by Gasteiger charge is -2.18. The summed E-state index contributed by atoms with van der Waals surface area (Å²) < 4.78 is 16.8. The summed E-state index contributed by atoms with van der Waals surface area (Å²) in [5.41, 5.74) is 0. The van der Waals surface area contributed by atoms with Crippen LogP contribution in [0, 0.1) is 0 Å². The fourth-order valence-electron chi connectivity index (χ4n) is 7.43. The van der Waals surface area contributed by atoms with E-state index in [1.165, 1.54) is 109 Å². The molecule has 0 unspecified atom stereocenters. The van der Waals surface area contributed by atoms with Crippen molar-refractivity contribution in [1.82, 2.24) is 0 Å². The van der Waals surface area contributed by atoms with Crippen LogP contribution in [0.15, 0.2) is 85.1 Å². The van der Waals surface area contributed by atoms with Crippen molar-refractivity contribution in [1.29, 1.82) is 0 Å². The van der Waals surface area contributed by atoms with Gasteiger partial charge in [0.05, 0.1) is 0 Å². The smallest absolute Gasteiger partial charge is 0.306 e. The van der Waals surface area contributed by atoms with Gasteiger partial charge in [-0.15, -0.1) is 0 Å². The molecule has 0 radical (unpaired) electrons. The summed E-state index contributed by atoms with van der Waals surface area (Å²) in [7, 11) is 0. The third-order valence-corrected chi connectivity index (χ3v) is 11.6. The molecule has 0 aromatic rings. The van der Waals surface area contributed by atoms with Gasteiger partial charge in [0.25, 0.3) is 0 Å². The van der Waals surface area contributed by atoms with E-state index in [4.69, 9.17) is 14.2 Å². The third-order valence-electron chi connectivity index (χ3n) is 11.6. The van der Waals surface area contributed by atoms with Crippen molar-refractivity contribution in [3.63, 3.8) is 0 Å². The van der Waals surface area contributed by atoms with E-state index in [0.717, 1.165) is 109 Å². The monoisotopic (exact) mass is 919 g/mol. The molecule has 66 heavy (non-hydrogen) atoms. The Morgan fingerprint density at radius 1 is 0.303 bits per heavy atom. The normalized spacial score (nSPS) is 12.7. The number of carbonyl (C=O) groups excluding carboxylic acids is 3. The zero-order valence-corrected chi connectivity index (χ0v) is 43.2. The Morgan fingerprint density at radius 2 is 0.545 bits per heavy atom. The number of allylic oxidation sites excluding steroid dienone is 14. The molecule has 0 saturated carbocycles. The molecule has 1 atom stereocenters. The molecular formula is C60H102O6. The Bertz CT molecular complexity index is 1290. The number of rotatable bonds is 49. The van der Waals surface area contributed by atoms with Gasteiger partial charge in [-0.2, -0.15) is 0 Å². The molecule has 0 aromatic heterocycles. The Balaban J connectivity index is 4.47. The fraction of sp³-hybridized carbons (Fsp3) is 0.717. The van der Waals surface area contributed by atoms with Crippen LogP contribution >= 0.6 is 0 Å². The van der Waals surface area contributed by atoms with Crippen molar-refractivity contribution in [3.05, 3.63) is 85.1 Å². The Hall–Kier alpha value is -3.41. The van der Waals surface area contributed by atoms with Gasteiger partial charge in [-0.3, -0.25) is 14.4 Å². The zero-order valence-electron chi connectivity index (χ0n) is 43.2. The first kappa shape index (κ1) is 62.6. The average molecular weight is 919 g/mol. The van der Waals surface area contributed by atoms with E-state index in [9.17, 15) is 14.4 Å². The molecule has 0 spiro atoms. The molecule has 0 aromatic carbocycles. The van der Waals surface area contributed by atoms with E-state index in [1.807, 2.05) is 0 Å². The quantitative estimate of drug-likeness (QED) is 0.0262. The minimum absolute atomic E-state index is 0.0948. The molecule has 0 saturated heterocycles. The fourth-order valence-corrected chi connectivity index (χ4v) is 7.43.